The molecule has 0 bridgehead atoms. The zero-order chi connectivity index (χ0) is 30.4. The van der Waals surface area contributed by atoms with Gasteiger partial charge in [-0.05, 0) is 69.2 Å². The van der Waals surface area contributed by atoms with Crippen LogP contribution in [0, 0.1) is 19.7 Å². The van der Waals surface area contributed by atoms with Gasteiger partial charge in [0.05, 0.1) is 21.8 Å². The summed E-state index contributed by atoms with van der Waals surface area (Å²) in [5.41, 5.74) is 3.64. The highest BCUT2D eigenvalue weighted by atomic mass is 32.2. The van der Waals surface area contributed by atoms with Crippen LogP contribution in [-0.2, 0) is 27.8 Å². The number of likely N-dealkylation sites (N-methyl/N-ethyl adjacent to an activating group) is 1. The number of aliphatic carboxylic acids is 1. The van der Waals surface area contributed by atoms with Crippen molar-refractivity contribution in [1.82, 2.24) is 9.78 Å². The van der Waals surface area contributed by atoms with Crippen molar-refractivity contribution in [2.24, 2.45) is 0 Å². The van der Waals surface area contributed by atoms with Gasteiger partial charge in [-0.2, -0.15) is 18.3 Å². The quantitative estimate of drug-likeness (QED) is 0.311. The Balaban J connectivity index is 0.000000708. The SMILES string of the molecule is CCn1nc(C)c(CCN(C)c2ccc(NS(=O)(=O)c3cccc(F)c3)cc2C(=O)O)c1C.O=C(O)C(F)(F)F. The Hall–Kier alpha value is -4.14. The molecular formula is C25H28F4N4O6S. The minimum Gasteiger partial charge on any atom is -0.478 e. The standard InChI is InChI=1S/C23H27FN4O4S.C2HF3O2/c1-5-28-16(3)20(15(2)25-28)11-12-27(4)22-10-9-18(14-21(22)23(29)30)26-33(31,32)19-8-6-7-17(24)13-19;3-2(4,5)1(6)7/h6-10,13-14,26H,5,11-12H2,1-4H3,(H,29,30);(H,6,7). The van der Waals surface area contributed by atoms with Gasteiger partial charge in [0, 0.05) is 31.5 Å². The lowest BCUT2D eigenvalue weighted by atomic mass is 10.1. The first kappa shape index (κ1) is 32.1. The number of aryl methyl sites for hydroxylation is 2. The fourth-order valence-corrected chi connectivity index (χ4v) is 4.84. The number of alkyl halides is 3. The number of rotatable bonds is 9. The topological polar surface area (TPSA) is 142 Å². The first-order chi connectivity index (χ1) is 18.5. The molecule has 10 nitrogen and oxygen atoms in total. The molecule has 0 saturated heterocycles. The van der Waals surface area contributed by atoms with Crippen molar-refractivity contribution in [2.75, 3.05) is 23.2 Å². The van der Waals surface area contributed by atoms with Gasteiger partial charge in [-0.1, -0.05) is 6.07 Å². The molecule has 0 spiro atoms. The van der Waals surface area contributed by atoms with Crippen LogP contribution in [-0.4, -0.2) is 60.1 Å². The zero-order valence-corrected chi connectivity index (χ0v) is 22.8. The van der Waals surface area contributed by atoms with Crippen LogP contribution in [0.25, 0.3) is 0 Å². The molecule has 3 rings (SSSR count). The Bertz CT molecular complexity index is 1490. The maximum absolute atomic E-state index is 13.4. The van der Waals surface area contributed by atoms with Gasteiger partial charge in [0.25, 0.3) is 10.0 Å². The van der Waals surface area contributed by atoms with E-state index >= 15 is 0 Å². The summed E-state index contributed by atoms with van der Waals surface area (Å²) < 4.78 is 74.5. The van der Waals surface area contributed by atoms with Crippen molar-refractivity contribution in [3.63, 3.8) is 0 Å². The second-order valence-electron chi connectivity index (χ2n) is 8.54. The third kappa shape index (κ3) is 8.18. The van der Waals surface area contributed by atoms with Gasteiger partial charge < -0.3 is 15.1 Å². The van der Waals surface area contributed by atoms with E-state index in [4.69, 9.17) is 9.90 Å². The Morgan fingerprint density at radius 2 is 1.73 bits per heavy atom. The molecule has 0 amide bonds. The summed E-state index contributed by atoms with van der Waals surface area (Å²) in [5, 5.41) is 21.4. The van der Waals surface area contributed by atoms with Crippen molar-refractivity contribution in [2.45, 2.75) is 44.8 Å². The van der Waals surface area contributed by atoms with Gasteiger partial charge in [-0.15, -0.1) is 0 Å². The molecule has 0 unspecified atom stereocenters. The predicted molar refractivity (Wildman–Crippen MR) is 139 cm³/mol. The number of nitrogens with one attached hydrogen (secondary N) is 1. The Morgan fingerprint density at radius 1 is 1.10 bits per heavy atom. The van der Waals surface area contributed by atoms with Crippen molar-refractivity contribution >= 4 is 33.3 Å². The summed E-state index contributed by atoms with van der Waals surface area (Å²) >= 11 is 0. The molecule has 15 heteroatoms. The van der Waals surface area contributed by atoms with Gasteiger partial charge in [-0.3, -0.25) is 9.40 Å². The maximum Gasteiger partial charge on any atom is 0.490 e. The average Bonchev–Trinajstić information content (AvgIpc) is 3.14. The molecule has 3 N–H and O–H groups in total. The molecule has 218 valence electrons. The highest BCUT2D eigenvalue weighted by molar-refractivity contribution is 7.92. The number of carboxylic acid groups (broad SMARTS) is 2. The van der Waals surface area contributed by atoms with Crippen molar-refractivity contribution < 1.29 is 45.8 Å². The van der Waals surface area contributed by atoms with Crippen LogP contribution >= 0.6 is 0 Å². The summed E-state index contributed by atoms with van der Waals surface area (Å²) in [6, 6.07) is 8.89. The Morgan fingerprint density at radius 3 is 2.23 bits per heavy atom. The van der Waals surface area contributed by atoms with Gasteiger partial charge in [0.15, 0.2) is 0 Å². The number of halogens is 4. The molecule has 40 heavy (non-hydrogen) atoms. The molecule has 2 aromatic carbocycles. The van der Waals surface area contributed by atoms with E-state index in [1.54, 1.807) is 13.1 Å². The lowest BCUT2D eigenvalue weighted by Crippen LogP contribution is -2.23. The van der Waals surface area contributed by atoms with Crippen molar-refractivity contribution in [3.8, 4) is 0 Å². The fraction of sp³-hybridized carbons (Fsp3) is 0.320. The van der Waals surface area contributed by atoms with Gasteiger partial charge in [0.2, 0.25) is 0 Å². The van der Waals surface area contributed by atoms with Crippen LogP contribution in [0.1, 0.15) is 34.2 Å². The number of aromatic carboxylic acids is 1. The largest absolute Gasteiger partial charge is 0.490 e. The van der Waals surface area contributed by atoms with E-state index in [1.165, 1.54) is 24.3 Å². The Kier molecular flexibility index (Phi) is 10.3. The van der Waals surface area contributed by atoms with Gasteiger partial charge >= 0.3 is 18.1 Å². The monoisotopic (exact) mass is 588 g/mol. The van der Waals surface area contributed by atoms with E-state index in [9.17, 15) is 35.9 Å². The molecule has 0 aliphatic rings. The number of nitrogens with zero attached hydrogens (tertiary/aromatic N) is 3. The molecule has 1 heterocycles. The molecule has 3 aromatic rings. The molecule has 0 radical (unpaired) electrons. The second kappa shape index (κ2) is 12.8. The summed E-state index contributed by atoms with van der Waals surface area (Å²) in [6.45, 7) is 7.32. The molecule has 0 fully saturated rings. The number of carboxylic acids is 2. The number of benzene rings is 2. The number of hydrogen-bond acceptors (Lipinski definition) is 6. The number of hydrogen-bond donors (Lipinski definition) is 3. The van der Waals surface area contributed by atoms with Crippen LogP contribution in [0.15, 0.2) is 47.4 Å². The van der Waals surface area contributed by atoms with Crippen LogP contribution in [0.2, 0.25) is 0 Å². The number of carbonyl (C=O) groups is 2. The van der Waals surface area contributed by atoms with Gasteiger partial charge in [0.1, 0.15) is 5.82 Å². The molecule has 0 saturated carbocycles. The van der Waals surface area contributed by atoms with Crippen LogP contribution < -0.4 is 9.62 Å². The fourth-order valence-electron chi connectivity index (χ4n) is 3.76. The molecule has 0 aliphatic heterocycles. The zero-order valence-electron chi connectivity index (χ0n) is 22.0. The maximum atomic E-state index is 13.4. The molecular weight excluding hydrogens is 560 g/mol. The van der Waals surface area contributed by atoms with Crippen molar-refractivity contribution in [1.29, 1.82) is 0 Å². The van der Waals surface area contributed by atoms with Crippen LogP contribution in [0.4, 0.5) is 28.9 Å². The first-order valence-corrected chi connectivity index (χ1v) is 13.2. The smallest absolute Gasteiger partial charge is 0.478 e. The summed E-state index contributed by atoms with van der Waals surface area (Å²) in [7, 11) is -2.29. The van der Waals surface area contributed by atoms with E-state index in [2.05, 4.69) is 9.82 Å². The summed E-state index contributed by atoms with van der Waals surface area (Å²) in [5.74, 6) is -4.63. The van der Waals surface area contributed by atoms with E-state index < -0.39 is 34.0 Å². The Labute approximate surface area is 227 Å². The highest BCUT2D eigenvalue weighted by Gasteiger charge is 2.38. The van der Waals surface area contributed by atoms with E-state index in [-0.39, 0.29) is 16.1 Å². The first-order valence-electron chi connectivity index (χ1n) is 11.7. The number of aromatic nitrogens is 2. The van der Waals surface area contributed by atoms with E-state index in [0.717, 1.165) is 35.6 Å². The minimum absolute atomic E-state index is 0.0466. The highest BCUT2D eigenvalue weighted by Crippen LogP contribution is 2.26. The number of anilines is 2. The average molecular weight is 589 g/mol. The lowest BCUT2D eigenvalue weighted by molar-refractivity contribution is -0.192. The van der Waals surface area contributed by atoms with Crippen LogP contribution in [0.5, 0.6) is 0 Å². The lowest BCUT2D eigenvalue weighted by Gasteiger charge is -2.22. The second-order valence-corrected chi connectivity index (χ2v) is 10.2. The van der Waals surface area contributed by atoms with E-state index in [1.807, 2.05) is 30.4 Å². The minimum atomic E-state index is -5.08. The van der Waals surface area contributed by atoms with E-state index in [0.29, 0.717) is 18.7 Å². The summed E-state index contributed by atoms with van der Waals surface area (Å²) in [4.78, 5) is 22.4. The number of sulfonamides is 1. The predicted octanol–water partition coefficient (Wildman–Crippen LogP) is 4.47. The third-order valence-corrected chi connectivity index (χ3v) is 7.15. The summed E-state index contributed by atoms with van der Waals surface area (Å²) in [6.07, 6.45) is -4.40. The third-order valence-electron chi connectivity index (χ3n) is 5.77. The van der Waals surface area contributed by atoms with Crippen LogP contribution in [0.3, 0.4) is 0 Å². The normalized spacial score (nSPS) is 11.4. The van der Waals surface area contributed by atoms with Crippen molar-refractivity contribution in [3.05, 3.63) is 70.8 Å². The molecule has 1 aromatic heterocycles. The molecule has 0 atom stereocenters. The molecule has 0 aliphatic carbocycles. The van der Waals surface area contributed by atoms with Gasteiger partial charge in [-0.25, -0.2) is 22.4 Å².